The Bertz CT molecular complexity index is 609. The van der Waals surface area contributed by atoms with Crippen LogP contribution < -0.4 is 0 Å². The fourth-order valence-corrected chi connectivity index (χ4v) is 2.02. The summed E-state index contributed by atoms with van der Waals surface area (Å²) in [6, 6.07) is 12.9. The minimum atomic E-state index is -0.280. The van der Waals surface area contributed by atoms with Crippen molar-refractivity contribution in [2.45, 2.75) is 0 Å². The minimum absolute atomic E-state index is 0.173. The van der Waals surface area contributed by atoms with E-state index in [1.165, 1.54) is 4.90 Å². The van der Waals surface area contributed by atoms with E-state index in [1.54, 1.807) is 26.2 Å². The molecule has 0 atom stereocenters. The number of aromatic hydroxyl groups is 1. The average Bonchev–Trinajstić information content (AvgIpc) is 2.41. The molecule has 3 nitrogen and oxygen atoms in total. The summed E-state index contributed by atoms with van der Waals surface area (Å²) in [5.74, 6) is -0.461. The molecule has 1 amide bonds. The van der Waals surface area contributed by atoms with Crippen molar-refractivity contribution in [3.05, 3.63) is 53.1 Å². The van der Waals surface area contributed by atoms with Crippen LogP contribution in [0.3, 0.4) is 0 Å². The van der Waals surface area contributed by atoms with Gasteiger partial charge in [0, 0.05) is 14.1 Å². The second-order valence-electron chi connectivity index (χ2n) is 4.42. The highest BCUT2D eigenvalue weighted by molar-refractivity contribution is 6.33. The van der Waals surface area contributed by atoms with Gasteiger partial charge in [-0.2, -0.15) is 0 Å². The lowest BCUT2D eigenvalue weighted by Gasteiger charge is -2.14. The van der Waals surface area contributed by atoms with Crippen LogP contribution in [0.1, 0.15) is 10.4 Å². The standard InChI is InChI=1S/C15H14ClNO2/c1-17(2)15(19)12-8-11(9-13(16)14(12)18)10-6-4-3-5-7-10/h3-9,18H,1-2H3. The molecular formula is C15H14ClNO2. The molecule has 0 bridgehead atoms. The highest BCUT2D eigenvalue weighted by Gasteiger charge is 2.17. The van der Waals surface area contributed by atoms with Gasteiger partial charge < -0.3 is 10.0 Å². The zero-order chi connectivity index (χ0) is 14.0. The summed E-state index contributed by atoms with van der Waals surface area (Å²) < 4.78 is 0. The van der Waals surface area contributed by atoms with Crippen LogP contribution in [0, 0.1) is 0 Å². The molecule has 19 heavy (non-hydrogen) atoms. The Morgan fingerprint density at radius 2 is 1.74 bits per heavy atom. The van der Waals surface area contributed by atoms with Gasteiger partial charge in [0.05, 0.1) is 10.6 Å². The number of phenolic OH excluding ortho intramolecular Hbond substituents is 1. The van der Waals surface area contributed by atoms with Crippen LogP contribution in [0.25, 0.3) is 11.1 Å². The topological polar surface area (TPSA) is 40.5 Å². The molecule has 0 spiro atoms. The summed E-state index contributed by atoms with van der Waals surface area (Å²) >= 11 is 6.00. The third-order valence-electron chi connectivity index (χ3n) is 2.81. The van der Waals surface area contributed by atoms with E-state index in [4.69, 9.17) is 11.6 Å². The van der Waals surface area contributed by atoms with Crippen LogP contribution in [0.5, 0.6) is 5.75 Å². The fourth-order valence-electron chi connectivity index (χ4n) is 1.80. The maximum Gasteiger partial charge on any atom is 0.257 e. The Kier molecular flexibility index (Phi) is 3.76. The number of halogens is 1. The van der Waals surface area contributed by atoms with Crippen LogP contribution in [0.2, 0.25) is 5.02 Å². The number of amides is 1. The predicted octanol–water partition coefficient (Wildman–Crippen LogP) is 3.41. The molecular weight excluding hydrogens is 262 g/mol. The van der Waals surface area contributed by atoms with E-state index in [9.17, 15) is 9.90 Å². The van der Waals surface area contributed by atoms with Crippen molar-refractivity contribution >= 4 is 17.5 Å². The van der Waals surface area contributed by atoms with Gasteiger partial charge in [-0.3, -0.25) is 4.79 Å². The highest BCUT2D eigenvalue weighted by atomic mass is 35.5. The highest BCUT2D eigenvalue weighted by Crippen LogP contribution is 2.33. The predicted molar refractivity (Wildman–Crippen MR) is 76.6 cm³/mol. The summed E-state index contributed by atoms with van der Waals surface area (Å²) in [5.41, 5.74) is 1.95. The van der Waals surface area contributed by atoms with Gasteiger partial charge in [0.15, 0.2) is 0 Å². The molecule has 0 aromatic heterocycles. The van der Waals surface area contributed by atoms with Crippen molar-refractivity contribution in [1.82, 2.24) is 4.90 Å². The molecule has 98 valence electrons. The molecule has 0 heterocycles. The van der Waals surface area contributed by atoms with E-state index in [0.717, 1.165) is 11.1 Å². The first-order valence-electron chi connectivity index (χ1n) is 5.80. The lowest BCUT2D eigenvalue weighted by Crippen LogP contribution is -2.21. The summed E-state index contributed by atoms with van der Waals surface area (Å²) in [7, 11) is 3.26. The van der Waals surface area contributed by atoms with Gasteiger partial charge in [-0.05, 0) is 23.3 Å². The number of carbonyl (C=O) groups excluding carboxylic acids is 1. The number of nitrogens with zero attached hydrogens (tertiary/aromatic N) is 1. The summed E-state index contributed by atoms with van der Waals surface area (Å²) in [6.45, 7) is 0. The minimum Gasteiger partial charge on any atom is -0.506 e. The smallest absolute Gasteiger partial charge is 0.257 e. The number of phenols is 1. The van der Waals surface area contributed by atoms with E-state index in [1.807, 2.05) is 30.3 Å². The second kappa shape index (κ2) is 5.33. The van der Waals surface area contributed by atoms with Crippen molar-refractivity contribution in [2.75, 3.05) is 14.1 Å². The van der Waals surface area contributed by atoms with Crippen LogP contribution in [0.4, 0.5) is 0 Å². The molecule has 0 fully saturated rings. The third-order valence-corrected chi connectivity index (χ3v) is 3.10. The molecule has 0 aliphatic rings. The van der Waals surface area contributed by atoms with Gasteiger partial charge in [0.2, 0.25) is 0 Å². The van der Waals surface area contributed by atoms with Crippen LogP contribution in [-0.4, -0.2) is 30.0 Å². The molecule has 2 rings (SSSR count). The monoisotopic (exact) mass is 275 g/mol. The molecule has 4 heteroatoms. The largest absolute Gasteiger partial charge is 0.506 e. The van der Waals surface area contributed by atoms with Crippen molar-refractivity contribution in [2.24, 2.45) is 0 Å². The first kappa shape index (κ1) is 13.4. The van der Waals surface area contributed by atoms with Gasteiger partial charge in [-0.1, -0.05) is 41.9 Å². The molecule has 0 saturated carbocycles. The lowest BCUT2D eigenvalue weighted by molar-refractivity contribution is 0.0824. The molecule has 0 saturated heterocycles. The second-order valence-corrected chi connectivity index (χ2v) is 4.83. The van der Waals surface area contributed by atoms with E-state index < -0.39 is 0 Å². The van der Waals surface area contributed by atoms with Crippen molar-refractivity contribution in [3.8, 4) is 16.9 Å². The summed E-state index contributed by atoms with van der Waals surface area (Å²) in [5, 5.41) is 10.1. The van der Waals surface area contributed by atoms with Gasteiger partial charge >= 0.3 is 0 Å². The Morgan fingerprint density at radius 3 is 2.32 bits per heavy atom. The Labute approximate surface area is 117 Å². The SMILES string of the molecule is CN(C)C(=O)c1cc(-c2ccccc2)cc(Cl)c1O. The summed E-state index contributed by atoms with van der Waals surface area (Å²) in [6.07, 6.45) is 0. The van der Waals surface area contributed by atoms with Crippen molar-refractivity contribution < 1.29 is 9.90 Å². The van der Waals surface area contributed by atoms with Crippen LogP contribution in [0.15, 0.2) is 42.5 Å². The number of rotatable bonds is 2. The van der Waals surface area contributed by atoms with E-state index >= 15 is 0 Å². The van der Waals surface area contributed by atoms with Crippen LogP contribution >= 0.6 is 11.6 Å². The third kappa shape index (κ3) is 2.71. The summed E-state index contributed by atoms with van der Waals surface area (Å²) in [4.78, 5) is 13.4. The molecule has 2 aromatic carbocycles. The molecule has 0 aliphatic carbocycles. The molecule has 0 unspecified atom stereocenters. The number of carbonyl (C=O) groups is 1. The zero-order valence-electron chi connectivity index (χ0n) is 10.7. The Morgan fingerprint density at radius 1 is 1.11 bits per heavy atom. The maximum atomic E-state index is 12.0. The number of hydrogen-bond donors (Lipinski definition) is 1. The maximum absolute atomic E-state index is 12.0. The molecule has 0 radical (unpaired) electrons. The molecule has 0 aliphatic heterocycles. The quantitative estimate of drug-likeness (QED) is 0.912. The first-order valence-corrected chi connectivity index (χ1v) is 6.18. The molecule has 2 aromatic rings. The van der Waals surface area contributed by atoms with E-state index in [0.29, 0.717) is 0 Å². The fraction of sp³-hybridized carbons (Fsp3) is 0.133. The van der Waals surface area contributed by atoms with E-state index in [-0.39, 0.29) is 22.2 Å². The van der Waals surface area contributed by atoms with Crippen LogP contribution in [-0.2, 0) is 0 Å². The first-order chi connectivity index (χ1) is 9.00. The van der Waals surface area contributed by atoms with E-state index in [2.05, 4.69) is 0 Å². The van der Waals surface area contributed by atoms with Gasteiger partial charge in [-0.15, -0.1) is 0 Å². The average molecular weight is 276 g/mol. The van der Waals surface area contributed by atoms with Gasteiger partial charge in [0.1, 0.15) is 5.75 Å². The molecule has 1 N–H and O–H groups in total. The van der Waals surface area contributed by atoms with Crippen molar-refractivity contribution in [1.29, 1.82) is 0 Å². The van der Waals surface area contributed by atoms with Gasteiger partial charge in [-0.25, -0.2) is 0 Å². The van der Waals surface area contributed by atoms with Gasteiger partial charge in [0.25, 0.3) is 5.91 Å². The Balaban J connectivity index is 2.58. The normalized spacial score (nSPS) is 10.3. The van der Waals surface area contributed by atoms with Crippen molar-refractivity contribution in [3.63, 3.8) is 0 Å². The Hall–Kier alpha value is -2.00. The zero-order valence-corrected chi connectivity index (χ0v) is 11.5. The lowest BCUT2D eigenvalue weighted by atomic mass is 10.0. The number of benzene rings is 2. The number of hydrogen-bond acceptors (Lipinski definition) is 2.